The van der Waals surface area contributed by atoms with Gasteiger partial charge in [0.15, 0.2) is 5.96 Å². The summed E-state index contributed by atoms with van der Waals surface area (Å²) in [7, 11) is 1.67. The highest BCUT2D eigenvalue weighted by molar-refractivity contribution is 5.78. The third-order valence-corrected chi connectivity index (χ3v) is 4.62. The van der Waals surface area contributed by atoms with Crippen LogP contribution in [0.4, 0.5) is 0 Å². The second-order valence-electron chi connectivity index (χ2n) is 6.27. The summed E-state index contributed by atoms with van der Waals surface area (Å²) in [6.07, 6.45) is 5.03. The van der Waals surface area contributed by atoms with Crippen LogP contribution < -0.4 is 15.2 Å². The van der Waals surface area contributed by atoms with Gasteiger partial charge in [-0.15, -0.1) is 0 Å². The Kier molecular flexibility index (Phi) is 5.80. The second kappa shape index (κ2) is 8.24. The fraction of sp³-hybridized carbons (Fsp3) is 0.611. The summed E-state index contributed by atoms with van der Waals surface area (Å²) >= 11 is 0. The molecule has 1 aliphatic carbocycles. The standard InChI is InChI=1S/C18H27N3O3/c1-22-16-7-6-14(17(12-16)24-15-4-2-3-5-15)13-20-18(19)21-8-10-23-11-9-21/h6-7,12,15H,2-5,8-11,13H2,1H3,(H2,19,20). The topological polar surface area (TPSA) is 69.3 Å². The van der Waals surface area contributed by atoms with Crippen LogP contribution in [0.3, 0.4) is 0 Å². The molecule has 0 bridgehead atoms. The molecule has 1 aliphatic heterocycles. The Balaban J connectivity index is 1.70. The summed E-state index contributed by atoms with van der Waals surface area (Å²) in [6.45, 7) is 3.51. The van der Waals surface area contributed by atoms with Crippen LogP contribution in [0.25, 0.3) is 0 Å². The molecule has 0 unspecified atom stereocenters. The lowest BCUT2D eigenvalue weighted by Gasteiger charge is -2.27. The van der Waals surface area contributed by atoms with E-state index < -0.39 is 0 Å². The summed E-state index contributed by atoms with van der Waals surface area (Å²) in [6, 6.07) is 5.91. The highest BCUT2D eigenvalue weighted by Gasteiger charge is 2.19. The fourth-order valence-corrected chi connectivity index (χ4v) is 3.15. The highest BCUT2D eigenvalue weighted by Crippen LogP contribution is 2.30. The Hall–Kier alpha value is -1.95. The predicted molar refractivity (Wildman–Crippen MR) is 93.6 cm³/mol. The molecule has 0 aromatic heterocycles. The van der Waals surface area contributed by atoms with Crippen molar-refractivity contribution in [2.24, 2.45) is 10.7 Å². The molecule has 0 radical (unpaired) electrons. The van der Waals surface area contributed by atoms with Crippen molar-refractivity contribution in [2.45, 2.75) is 38.3 Å². The van der Waals surface area contributed by atoms with Gasteiger partial charge in [0.2, 0.25) is 0 Å². The second-order valence-corrected chi connectivity index (χ2v) is 6.27. The van der Waals surface area contributed by atoms with Gasteiger partial charge in [0.1, 0.15) is 11.5 Å². The molecule has 1 heterocycles. The lowest BCUT2D eigenvalue weighted by Crippen LogP contribution is -2.44. The summed E-state index contributed by atoms with van der Waals surface area (Å²) in [5.41, 5.74) is 7.16. The minimum Gasteiger partial charge on any atom is -0.497 e. The van der Waals surface area contributed by atoms with Crippen LogP contribution in [0.1, 0.15) is 31.2 Å². The Labute approximate surface area is 143 Å². The van der Waals surface area contributed by atoms with E-state index in [1.807, 2.05) is 18.2 Å². The molecule has 0 amide bonds. The molecule has 1 saturated carbocycles. The van der Waals surface area contributed by atoms with Gasteiger partial charge < -0.3 is 24.8 Å². The van der Waals surface area contributed by atoms with Crippen LogP contribution in [0, 0.1) is 0 Å². The van der Waals surface area contributed by atoms with E-state index in [1.165, 1.54) is 12.8 Å². The first-order chi connectivity index (χ1) is 11.8. The van der Waals surface area contributed by atoms with E-state index in [2.05, 4.69) is 9.89 Å². The van der Waals surface area contributed by atoms with Crippen molar-refractivity contribution in [2.75, 3.05) is 33.4 Å². The molecule has 2 aliphatic rings. The first-order valence-electron chi connectivity index (χ1n) is 8.72. The molecule has 2 N–H and O–H groups in total. The number of guanidine groups is 1. The lowest BCUT2D eigenvalue weighted by atomic mass is 10.2. The Bertz CT molecular complexity index is 565. The molecule has 132 valence electrons. The highest BCUT2D eigenvalue weighted by atomic mass is 16.5. The average Bonchev–Trinajstić information content (AvgIpc) is 3.14. The van der Waals surface area contributed by atoms with Gasteiger partial charge in [-0.2, -0.15) is 0 Å². The molecular formula is C18H27N3O3. The number of hydrogen-bond acceptors (Lipinski definition) is 4. The Morgan fingerprint density at radius 3 is 2.75 bits per heavy atom. The van der Waals surface area contributed by atoms with Crippen molar-refractivity contribution >= 4 is 5.96 Å². The third-order valence-electron chi connectivity index (χ3n) is 4.62. The van der Waals surface area contributed by atoms with Crippen LogP contribution in [0.15, 0.2) is 23.2 Å². The molecule has 1 aromatic rings. The number of nitrogens with zero attached hydrogens (tertiary/aromatic N) is 2. The van der Waals surface area contributed by atoms with Crippen LogP contribution in [0.2, 0.25) is 0 Å². The van der Waals surface area contributed by atoms with Gasteiger partial charge in [-0.1, -0.05) is 0 Å². The number of aliphatic imine (C=N–C) groups is 1. The number of nitrogens with two attached hydrogens (primary N) is 1. The summed E-state index contributed by atoms with van der Waals surface area (Å²) in [5, 5.41) is 0. The minimum absolute atomic E-state index is 0.302. The zero-order chi connectivity index (χ0) is 16.8. The first kappa shape index (κ1) is 16.9. The van der Waals surface area contributed by atoms with Crippen molar-refractivity contribution in [3.63, 3.8) is 0 Å². The number of hydrogen-bond donors (Lipinski definition) is 1. The van der Waals surface area contributed by atoms with Crippen molar-refractivity contribution in [1.29, 1.82) is 0 Å². The number of rotatable bonds is 5. The Morgan fingerprint density at radius 1 is 1.29 bits per heavy atom. The van der Waals surface area contributed by atoms with E-state index in [0.29, 0.717) is 31.8 Å². The van der Waals surface area contributed by atoms with Crippen molar-refractivity contribution in [3.8, 4) is 11.5 Å². The molecule has 3 rings (SSSR count). The zero-order valence-corrected chi connectivity index (χ0v) is 14.4. The van der Waals surface area contributed by atoms with Gasteiger partial charge in [0, 0.05) is 24.7 Å². The van der Waals surface area contributed by atoms with Crippen LogP contribution in [-0.4, -0.2) is 50.4 Å². The maximum Gasteiger partial charge on any atom is 0.191 e. The van der Waals surface area contributed by atoms with Crippen molar-refractivity contribution in [3.05, 3.63) is 23.8 Å². The van der Waals surface area contributed by atoms with Gasteiger partial charge in [-0.05, 0) is 37.8 Å². The van der Waals surface area contributed by atoms with Crippen molar-refractivity contribution < 1.29 is 14.2 Å². The van der Waals surface area contributed by atoms with E-state index in [9.17, 15) is 0 Å². The first-order valence-corrected chi connectivity index (χ1v) is 8.72. The van der Waals surface area contributed by atoms with Crippen LogP contribution in [-0.2, 0) is 11.3 Å². The van der Waals surface area contributed by atoms with Crippen molar-refractivity contribution in [1.82, 2.24) is 4.90 Å². The molecule has 6 heteroatoms. The summed E-state index contributed by atoms with van der Waals surface area (Å²) in [4.78, 5) is 6.61. The van der Waals surface area contributed by atoms with E-state index in [0.717, 1.165) is 43.0 Å². The minimum atomic E-state index is 0.302. The maximum absolute atomic E-state index is 6.20. The summed E-state index contributed by atoms with van der Waals surface area (Å²) in [5.74, 6) is 2.23. The molecule has 0 atom stereocenters. The summed E-state index contributed by atoms with van der Waals surface area (Å²) < 4.78 is 16.9. The zero-order valence-electron chi connectivity index (χ0n) is 14.4. The lowest BCUT2D eigenvalue weighted by molar-refractivity contribution is 0.0674. The molecule has 24 heavy (non-hydrogen) atoms. The van der Waals surface area contributed by atoms with Gasteiger partial charge in [-0.3, -0.25) is 0 Å². The van der Waals surface area contributed by atoms with Gasteiger partial charge in [0.05, 0.1) is 33.0 Å². The molecule has 1 saturated heterocycles. The number of ether oxygens (including phenoxy) is 3. The van der Waals surface area contributed by atoms with Gasteiger partial charge >= 0.3 is 0 Å². The molecule has 2 fully saturated rings. The van der Waals surface area contributed by atoms with Crippen LogP contribution in [0.5, 0.6) is 11.5 Å². The van der Waals surface area contributed by atoms with Gasteiger partial charge in [-0.25, -0.2) is 4.99 Å². The normalized spacial score (nSPS) is 19.5. The quantitative estimate of drug-likeness (QED) is 0.660. The van der Waals surface area contributed by atoms with Crippen LogP contribution >= 0.6 is 0 Å². The van der Waals surface area contributed by atoms with E-state index in [1.54, 1.807) is 7.11 Å². The van der Waals surface area contributed by atoms with E-state index >= 15 is 0 Å². The predicted octanol–water partition coefficient (Wildman–Crippen LogP) is 2.16. The third kappa shape index (κ3) is 4.32. The Morgan fingerprint density at radius 2 is 2.04 bits per heavy atom. The molecule has 1 aromatic carbocycles. The SMILES string of the molecule is COc1ccc(CN=C(N)N2CCOCC2)c(OC2CCCC2)c1. The van der Waals surface area contributed by atoms with E-state index in [4.69, 9.17) is 19.9 Å². The average molecular weight is 333 g/mol. The number of benzene rings is 1. The monoisotopic (exact) mass is 333 g/mol. The largest absolute Gasteiger partial charge is 0.497 e. The maximum atomic E-state index is 6.20. The smallest absolute Gasteiger partial charge is 0.191 e. The molecular weight excluding hydrogens is 306 g/mol. The fourth-order valence-electron chi connectivity index (χ4n) is 3.15. The van der Waals surface area contributed by atoms with Gasteiger partial charge in [0.25, 0.3) is 0 Å². The number of methoxy groups -OCH3 is 1. The molecule has 0 spiro atoms. The number of morpholine rings is 1. The van der Waals surface area contributed by atoms with E-state index in [-0.39, 0.29) is 0 Å². The molecule has 6 nitrogen and oxygen atoms in total.